The second-order valence-corrected chi connectivity index (χ2v) is 8.67. The van der Waals surface area contributed by atoms with E-state index in [9.17, 15) is 4.79 Å². The molecule has 0 radical (unpaired) electrons. The number of carbonyl (C=O) groups is 1. The van der Waals surface area contributed by atoms with Gasteiger partial charge in [0.1, 0.15) is 11.5 Å². The topological polar surface area (TPSA) is 87.6 Å². The molecule has 0 amide bonds. The molecule has 0 aliphatic carbocycles. The number of nitrogens with zero attached hydrogens (tertiary/aromatic N) is 2. The van der Waals surface area contributed by atoms with Gasteiger partial charge in [0.2, 0.25) is 17.8 Å². The average Bonchev–Trinajstić information content (AvgIpc) is 3.24. The highest BCUT2D eigenvalue weighted by Gasteiger charge is 2.21. The molecule has 34 heavy (non-hydrogen) atoms. The third-order valence-corrected chi connectivity index (χ3v) is 6.34. The number of nitrogen functional groups attached to an aromatic ring is 1. The number of pyridine rings is 1. The minimum Gasteiger partial charge on any atom is -0.493 e. The molecule has 0 saturated carbocycles. The predicted molar refractivity (Wildman–Crippen MR) is 132 cm³/mol. The highest BCUT2D eigenvalue weighted by atomic mass is 32.1. The summed E-state index contributed by atoms with van der Waals surface area (Å²) >= 11 is 1.41. The Bertz CT molecular complexity index is 1520. The highest BCUT2D eigenvalue weighted by molar-refractivity contribution is 7.22. The molecule has 8 heteroatoms. The van der Waals surface area contributed by atoms with Gasteiger partial charge in [0, 0.05) is 23.8 Å². The van der Waals surface area contributed by atoms with E-state index in [2.05, 4.69) is 4.98 Å². The first kappa shape index (κ1) is 21.7. The molecule has 0 aliphatic rings. The number of aromatic nitrogens is 2. The fourth-order valence-corrected chi connectivity index (χ4v) is 4.60. The molecule has 3 aromatic carbocycles. The van der Waals surface area contributed by atoms with Crippen molar-refractivity contribution in [3.05, 3.63) is 78.5 Å². The van der Waals surface area contributed by atoms with Crippen molar-refractivity contribution in [3.63, 3.8) is 0 Å². The van der Waals surface area contributed by atoms with E-state index >= 15 is 0 Å². The number of nitrogens with two attached hydrogens (primary N) is 1. The van der Waals surface area contributed by atoms with Crippen molar-refractivity contribution in [1.82, 2.24) is 4.98 Å². The summed E-state index contributed by atoms with van der Waals surface area (Å²) in [7, 11) is 3.17. The number of fused-ring (bicyclic) bond motifs is 2. The highest BCUT2D eigenvalue weighted by Crippen LogP contribution is 2.37. The molecule has 2 N–H and O–H groups in total. The lowest BCUT2D eigenvalue weighted by molar-refractivity contribution is -0.657. The summed E-state index contributed by atoms with van der Waals surface area (Å²) in [6.07, 6.45) is 1.84. The Balaban J connectivity index is 1.59. The number of carbonyl (C=O) groups excluding carboxylic acids is 1. The van der Waals surface area contributed by atoms with Gasteiger partial charge in [-0.2, -0.15) is 4.57 Å². The van der Waals surface area contributed by atoms with E-state index in [1.165, 1.54) is 11.3 Å². The Kier molecular flexibility index (Phi) is 5.73. The summed E-state index contributed by atoms with van der Waals surface area (Å²) in [6.45, 7) is 0.169. The quantitative estimate of drug-likeness (QED) is 0.265. The fourth-order valence-electron chi connectivity index (χ4n) is 3.84. The molecule has 0 aliphatic heterocycles. The van der Waals surface area contributed by atoms with E-state index < -0.39 is 0 Å². The average molecular weight is 473 g/mol. The summed E-state index contributed by atoms with van der Waals surface area (Å²) in [5.74, 6) is 2.41. The standard InChI is InChI=1S/C26H22N3O4S/c1-31-23-13-18-20(14-24(23)32-2)29(15-21(30)16-6-4-3-5-7-16)11-10-22(18)33-17-8-9-19-25(12-17)34-26(27)28-19/h3-14H,15H2,1-2H3,(H2,27,28)/q+1. The van der Waals surface area contributed by atoms with Crippen molar-refractivity contribution in [1.29, 1.82) is 0 Å². The number of ether oxygens (including phenoxy) is 3. The minimum atomic E-state index is 0.00332. The summed E-state index contributed by atoms with van der Waals surface area (Å²) < 4.78 is 20.1. The Morgan fingerprint density at radius 3 is 2.50 bits per heavy atom. The maximum atomic E-state index is 12.9. The number of anilines is 1. The normalized spacial score (nSPS) is 11.0. The van der Waals surface area contributed by atoms with Gasteiger partial charge in [0.25, 0.3) is 0 Å². The van der Waals surface area contributed by atoms with Crippen molar-refractivity contribution in [2.45, 2.75) is 6.54 Å². The second kappa shape index (κ2) is 8.99. The van der Waals surface area contributed by atoms with Crippen molar-refractivity contribution >= 4 is 43.4 Å². The summed E-state index contributed by atoms with van der Waals surface area (Å²) in [4.78, 5) is 17.2. The third kappa shape index (κ3) is 4.11. The van der Waals surface area contributed by atoms with E-state index in [-0.39, 0.29) is 12.3 Å². The second-order valence-electron chi connectivity index (χ2n) is 7.61. The first-order valence-corrected chi connectivity index (χ1v) is 11.4. The first-order valence-electron chi connectivity index (χ1n) is 10.6. The molecular weight excluding hydrogens is 450 g/mol. The van der Waals surface area contributed by atoms with Crippen LogP contribution in [0, 0.1) is 0 Å². The van der Waals surface area contributed by atoms with Gasteiger partial charge < -0.3 is 19.9 Å². The molecule has 2 heterocycles. The monoisotopic (exact) mass is 472 g/mol. The number of benzene rings is 3. The van der Waals surface area contributed by atoms with Crippen LogP contribution < -0.4 is 24.5 Å². The largest absolute Gasteiger partial charge is 0.493 e. The van der Waals surface area contributed by atoms with Crippen LogP contribution in [0.1, 0.15) is 10.4 Å². The molecule has 5 rings (SSSR count). The van der Waals surface area contributed by atoms with Gasteiger partial charge in [-0.05, 0) is 12.1 Å². The zero-order valence-electron chi connectivity index (χ0n) is 18.6. The zero-order chi connectivity index (χ0) is 23.7. The van der Waals surface area contributed by atoms with E-state index in [1.807, 2.05) is 77.5 Å². The molecule has 0 spiro atoms. The number of hydrogen-bond donors (Lipinski definition) is 1. The van der Waals surface area contributed by atoms with Crippen LogP contribution in [-0.4, -0.2) is 25.0 Å². The molecule has 0 bridgehead atoms. The molecular formula is C26H22N3O4S+. The van der Waals surface area contributed by atoms with Gasteiger partial charge in [0.15, 0.2) is 22.8 Å². The zero-order valence-corrected chi connectivity index (χ0v) is 19.5. The van der Waals surface area contributed by atoms with Crippen LogP contribution in [0.25, 0.3) is 21.1 Å². The number of thiazole rings is 1. The van der Waals surface area contributed by atoms with Crippen molar-refractivity contribution < 1.29 is 23.6 Å². The van der Waals surface area contributed by atoms with Crippen LogP contribution in [0.15, 0.2) is 72.9 Å². The number of hydrogen-bond acceptors (Lipinski definition) is 7. The van der Waals surface area contributed by atoms with Crippen LogP contribution in [0.5, 0.6) is 23.0 Å². The SMILES string of the molecule is COc1cc2c(Oc3ccc4nc(N)sc4c3)cc[n+](CC(=O)c3ccccc3)c2cc1OC. The number of ketones is 1. The molecule has 7 nitrogen and oxygen atoms in total. The summed E-state index contributed by atoms with van der Waals surface area (Å²) in [5.41, 5.74) is 8.10. The lowest BCUT2D eigenvalue weighted by Gasteiger charge is -2.12. The van der Waals surface area contributed by atoms with Gasteiger partial charge in [-0.3, -0.25) is 4.79 Å². The Morgan fingerprint density at radius 1 is 0.971 bits per heavy atom. The van der Waals surface area contributed by atoms with Crippen LogP contribution in [-0.2, 0) is 6.54 Å². The summed E-state index contributed by atoms with van der Waals surface area (Å²) in [5, 5.41) is 1.29. The Hall–Kier alpha value is -4.17. The molecule has 0 atom stereocenters. The third-order valence-electron chi connectivity index (χ3n) is 5.50. The molecule has 0 unspecified atom stereocenters. The van der Waals surface area contributed by atoms with Crippen LogP contribution in [0.4, 0.5) is 5.13 Å². The van der Waals surface area contributed by atoms with Crippen molar-refractivity contribution in [2.24, 2.45) is 0 Å². The summed E-state index contributed by atoms with van der Waals surface area (Å²) in [6, 6.07) is 20.4. The molecule has 5 aromatic rings. The first-order chi connectivity index (χ1) is 16.6. The van der Waals surface area contributed by atoms with Crippen LogP contribution in [0.2, 0.25) is 0 Å². The van der Waals surface area contributed by atoms with Crippen molar-refractivity contribution in [3.8, 4) is 23.0 Å². The van der Waals surface area contributed by atoms with Crippen LogP contribution in [0.3, 0.4) is 0 Å². The minimum absolute atomic E-state index is 0.00332. The van der Waals surface area contributed by atoms with Crippen molar-refractivity contribution in [2.75, 3.05) is 20.0 Å². The Labute approximate surface area is 200 Å². The maximum absolute atomic E-state index is 12.9. The number of Topliss-reactive ketones (excluding diaryl/α,β-unsaturated/α-hetero) is 1. The number of rotatable bonds is 7. The van der Waals surface area contributed by atoms with E-state index in [1.54, 1.807) is 14.2 Å². The molecule has 0 fully saturated rings. The lowest BCUT2D eigenvalue weighted by Crippen LogP contribution is -2.38. The van der Waals surface area contributed by atoms with Gasteiger partial charge in [-0.25, -0.2) is 4.98 Å². The van der Waals surface area contributed by atoms with E-state index in [0.29, 0.717) is 33.7 Å². The smallest absolute Gasteiger partial charge is 0.227 e. The van der Waals surface area contributed by atoms with Gasteiger partial charge >= 0.3 is 0 Å². The van der Waals surface area contributed by atoms with Gasteiger partial charge in [-0.15, -0.1) is 0 Å². The maximum Gasteiger partial charge on any atom is 0.227 e. The Morgan fingerprint density at radius 2 is 1.74 bits per heavy atom. The predicted octanol–water partition coefficient (Wildman–Crippen LogP) is 5.01. The van der Waals surface area contributed by atoms with Gasteiger partial charge in [-0.1, -0.05) is 41.7 Å². The molecule has 2 aromatic heterocycles. The van der Waals surface area contributed by atoms with E-state index in [4.69, 9.17) is 19.9 Å². The number of methoxy groups -OCH3 is 2. The molecule has 170 valence electrons. The fraction of sp³-hybridized carbons (Fsp3) is 0.115. The van der Waals surface area contributed by atoms with Gasteiger partial charge in [0.05, 0.1) is 35.9 Å². The lowest BCUT2D eigenvalue weighted by atomic mass is 10.1. The van der Waals surface area contributed by atoms with E-state index in [0.717, 1.165) is 21.1 Å². The molecule has 0 saturated heterocycles. The van der Waals surface area contributed by atoms with Crippen LogP contribution >= 0.6 is 11.3 Å².